The van der Waals surface area contributed by atoms with Crippen LogP contribution in [0, 0.1) is 11.8 Å². The van der Waals surface area contributed by atoms with Gasteiger partial charge in [-0.2, -0.15) is 0 Å². The lowest BCUT2D eigenvalue weighted by Crippen LogP contribution is -2.25. The van der Waals surface area contributed by atoms with Gasteiger partial charge in [-0.15, -0.1) is 0 Å². The Morgan fingerprint density at radius 1 is 1.21 bits per heavy atom. The largest absolute Gasteiger partial charge is 0.330 e. The number of amides is 1. The highest BCUT2D eigenvalue weighted by Gasteiger charge is 2.16. The van der Waals surface area contributed by atoms with E-state index in [1.807, 2.05) is 0 Å². The zero-order valence-electron chi connectivity index (χ0n) is 11.8. The highest BCUT2D eigenvalue weighted by molar-refractivity contribution is 5.95. The zero-order valence-corrected chi connectivity index (χ0v) is 11.8. The van der Waals surface area contributed by atoms with E-state index in [9.17, 15) is 9.59 Å². The lowest BCUT2D eigenvalue weighted by molar-refractivity contribution is -0.117. The van der Waals surface area contributed by atoms with Crippen LogP contribution < -0.4 is 11.1 Å². The summed E-state index contributed by atoms with van der Waals surface area (Å²) in [4.78, 5) is 23.0. The van der Waals surface area contributed by atoms with Gasteiger partial charge in [-0.25, -0.2) is 0 Å². The van der Waals surface area contributed by atoms with Crippen LogP contribution in [-0.2, 0) is 4.79 Å². The van der Waals surface area contributed by atoms with Gasteiger partial charge in [0.1, 0.15) is 0 Å². The average molecular weight is 262 g/mol. The maximum atomic E-state index is 11.9. The number of nitrogens with one attached hydrogen (secondary N) is 1. The van der Waals surface area contributed by atoms with Gasteiger partial charge in [0.2, 0.25) is 5.91 Å². The van der Waals surface area contributed by atoms with E-state index in [2.05, 4.69) is 19.2 Å². The summed E-state index contributed by atoms with van der Waals surface area (Å²) in [5.74, 6) is 0.549. The smallest absolute Gasteiger partial charge is 0.224 e. The minimum absolute atomic E-state index is 0.0147. The van der Waals surface area contributed by atoms with Crippen molar-refractivity contribution >= 4 is 17.4 Å². The Labute approximate surface area is 114 Å². The Morgan fingerprint density at radius 3 is 2.21 bits per heavy atom. The number of nitrogens with two attached hydrogens (primary N) is 1. The normalized spacial score (nSPS) is 12.3. The highest BCUT2D eigenvalue weighted by Crippen LogP contribution is 2.16. The van der Waals surface area contributed by atoms with E-state index in [0.29, 0.717) is 30.1 Å². The molecule has 1 aromatic carbocycles. The Hall–Kier alpha value is -1.68. The van der Waals surface area contributed by atoms with Gasteiger partial charge < -0.3 is 11.1 Å². The minimum atomic E-state index is -0.0419. The number of anilines is 1. The van der Waals surface area contributed by atoms with Gasteiger partial charge in [-0.1, -0.05) is 13.8 Å². The molecule has 0 fully saturated rings. The van der Waals surface area contributed by atoms with Crippen LogP contribution in [0.15, 0.2) is 24.3 Å². The standard InChI is InChI=1S/C15H22N2O2/c1-10(2)13(9-16)8-15(19)17-14-6-4-12(5-7-14)11(3)18/h4-7,10,13H,8-9,16H2,1-3H3,(H,17,19). The van der Waals surface area contributed by atoms with Crippen molar-refractivity contribution in [2.75, 3.05) is 11.9 Å². The SMILES string of the molecule is CC(=O)c1ccc(NC(=O)CC(CN)C(C)C)cc1. The van der Waals surface area contributed by atoms with Crippen molar-refractivity contribution in [3.05, 3.63) is 29.8 Å². The lowest BCUT2D eigenvalue weighted by Gasteiger charge is -2.18. The predicted molar refractivity (Wildman–Crippen MR) is 77.1 cm³/mol. The zero-order chi connectivity index (χ0) is 14.4. The molecule has 4 heteroatoms. The second-order valence-corrected chi connectivity index (χ2v) is 5.13. The quantitative estimate of drug-likeness (QED) is 0.773. The number of carbonyl (C=O) groups is 2. The van der Waals surface area contributed by atoms with E-state index < -0.39 is 0 Å². The third-order valence-electron chi connectivity index (χ3n) is 3.27. The van der Waals surface area contributed by atoms with Crippen molar-refractivity contribution in [1.82, 2.24) is 0 Å². The van der Waals surface area contributed by atoms with Crippen molar-refractivity contribution in [2.45, 2.75) is 27.2 Å². The van der Waals surface area contributed by atoms with Gasteiger partial charge in [-0.05, 0) is 49.6 Å². The molecule has 0 spiro atoms. The molecule has 1 amide bonds. The third kappa shape index (κ3) is 4.83. The molecule has 0 saturated heterocycles. The van der Waals surface area contributed by atoms with Crippen LogP contribution in [0.1, 0.15) is 37.6 Å². The number of benzene rings is 1. The molecule has 1 rings (SSSR count). The molecule has 0 aliphatic carbocycles. The van der Waals surface area contributed by atoms with Crippen LogP contribution in [0.25, 0.3) is 0 Å². The summed E-state index contributed by atoms with van der Waals surface area (Å²) in [5, 5.41) is 2.82. The molecule has 104 valence electrons. The number of ketones is 1. The van der Waals surface area contributed by atoms with Crippen molar-refractivity contribution in [3.63, 3.8) is 0 Å². The van der Waals surface area contributed by atoms with E-state index in [0.717, 1.165) is 0 Å². The lowest BCUT2D eigenvalue weighted by atomic mass is 9.92. The summed E-state index contributed by atoms with van der Waals surface area (Å²) in [6.45, 7) is 6.15. The topological polar surface area (TPSA) is 72.2 Å². The van der Waals surface area contributed by atoms with Gasteiger partial charge in [0, 0.05) is 17.7 Å². The summed E-state index contributed by atoms with van der Waals surface area (Å²) in [5.41, 5.74) is 6.99. The van der Waals surface area contributed by atoms with E-state index in [4.69, 9.17) is 5.73 Å². The molecule has 0 aromatic heterocycles. The fourth-order valence-corrected chi connectivity index (χ4v) is 1.83. The van der Waals surface area contributed by atoms with Gasteiger partial charge >= 0.3 is 0 Å². The van der Waals surface area contributed by atoms with Crippen molar-refractivity contribution in [2.24, 2.45) is 17.6 Å². The Kier molecular flexibility index (Phi) is 5.70. The third-order valence-corrected chi connectivity index (χ3v) is 3.27. The summed E-state index contributed by atoms with van der Waals surface area (Å²) >= 11 is 0. The van der Waals surface area contributed by atoms with Crippen molar-refractivity contribution in [1.29, 1.82) is 0 Å². The average Bonchev–Trinajstić information content (AvgIpc) is 2.36. The van der Waals surface area contributed by atoms with E-state index >= 15 is 0 Å². The molecule has 0 heterocycles. The first-order valence-corrected chi connectivity index (χ1v) is 6.55. The molecular formula is C15H22N2O2. The maximum absolute atomic E-state index is 11.9. The summed E-state index contributed by atoms with van der Waals surface area (Å²) in [6.07, 6.45) is 0.419. The molecule has 1 atom stereocenters. The predicted octanol–water partition coefficient (Wildman–Crippen LogP) is 2.45. The maximum Gasteiger partial charge on any atom is 0.224 e. The monoisotopic (exact) mass is 262 g/mol. The van der Waals surface area contributed by atoms with Crippen molar-refractivity contribution in [3.8, 4) is 0 Å². The first-order chi connectivity index (χ1) is 8.93. The van der Waals surface area contributed by atoms with Gasteiger partial charge in [0.15, 0.2) is 5.78 Å². The van der Waals surface area contributed by atoms with Gasteiger partial charge in [0.25, 0.3) is 0 Å². The van der Waals surface area contributed by atoms with Gasteiger partial charge in [0.05, 0.1) is 0 Å². The molecule has 0 saturated carbocycles. The molecule has 3 N–H and O–H groups in total. The highest BCUT2D eigenvalue weighted by atomic mass is 16.1. The van der Waals surface area contributed by atoms with Crippen LogP contribution in [0.3, 0.4) is 0 Å². The molecule has 0 aliphatic heterocycles. The Balaban J connectivity index is 2.59. The second kappa shape index (κ2) is 7.04. The molecule has 4 nitrogen and oxygen atoms in total. The molecular weight excluding hydrogens is 240 g/mol. The van der Waals surface area contributed by atoms with Crippen molar-refractivity contribution < 1.29 is 9.59 Å². The summed E-state index contributed by atoms with van der Waals surface area (Å²) in [6, 6.07) is 6.89. The molecule has 0 bridgehead atoms. The number of rotatable bonds is 6. The summed E-state index contributed by atoms with van der Waals surface area (Å²) in [7, 11) is 0. The number of Topliss-reactive ketones (excluding diaryl/α,β-unsaturated/α-hetero) is 1. The molecule has 0 radical (unpaired) electrons. The number of hydrogen-bond acceptors (Lipinski definition) is 3. The minimum Gasteiger partial charge on any atom is -0.330 e. The van der Waals surface area contributed by atoms with Crippen LogP contribution in [0.4, 0.5) is 5.69 Å². The molecule has 1 aromatic rings. The Morgan fingerprint density at radius 2 is 1.79 bits per heavy atom. The molecule has 19 heavy (non-hydrogen) atoms. The number of hydrogen-bond donors (Lipinski definition) is 2. The first kappa shape index (κ1) is 15.4. The van der Waals surface area contributed by atoms with Crippen LogP contribution in [0.5, 0.6) is 0 Å². The first-order valence-electron chi connectivity index (χ1n) is 6.55. The van der Waals surface area contributed by atoms with E-state index in [1.54, 1.807) is 24.3 Å². The second-order valence-electron chi connectivity index (χ2n) is 5.13. The molecule has 0 aliphatic rings. The Bertz CT molecular complexity index is 438. The fourth-order valence-electron chi connectivity index (χ4n) is 1.83. The van der Waals surface area contributed by atoms with E-state index in [1.165, 1.54) is 6.92 Å². The number of carbonyl (C=O) groups excluding carboxylic acids is 2. The van der Waals surface area contributed by atoms with E-state index in [-0.39, 0.29) is 17.6 Å². The fraction of sp³-hybridized carbons (Fsp3) is 0.467. The van der Waals surface area contributed by atoms with Gasteiger partial charge in [-0.3, -0.25) is 9.59 Å². The summed E-state index contributed by atoms with van der Waals surface area (Å²) < 4.78 is 0. The van der Waals surface area contributed by atoms with Crippen LogP contribution in [0.2, 0.25) is 0 Å². The molecule has 1 unspecified atom stereocenters. The van der Waals surface area contributed by atoms with Crippen LogP contribution in [-0.4, -0.2) is 18.2 Å². The van der Waals surface area contributed by atoms with Crippen LogP contribution >= 0.6 is 0 Å².